The zero-order valence-electron chi connectivity index (χ0n) is 19.9. The summed E-state index contributed by atoms with van der Waals surface area (Å²) in [5.41, 5.74) is 2.56. The minimum atomic E-state index is -0.748. The Balaban J connectivity index is 1.92. The van der Waals surface area contributed by atoms with Crippen LogP contribution in [0.4, 0.5) is 0 Å². The Labute approximate surface area is 196 Å². The van der Waals surface area contributed by atoms with Gasteiger partial charge in [0.25, 0.3) is 0 Å². The first-order chi connectivity index (χ1) is 15.9. The summed E-state index contributed by atoms with van der Waals surface area (Å²) in [5, 5.41) is 2.89. The largest absolute Gasteiger partial charge is 0.469 e. The second-order valence-electron chi connectivity index (χ2n) is 8.40. The fourth-order valence-electron chi connectivity index (χ4n) is 3.69. The summed E-state index contributed by atoms with van der Waals surface area (Å²) in [7, 11) is 1.35. The van der Waals surface area contributed by atoms with E-state index in [4.69, 9.17) is 4.74 Å². The van der Waals surface area contributed by atoms with E-state index in [2.05, 4.69) is 34.3 Å². The van der Waals surface area contributed by atoms with Gasteiger partial charge < -0.3 is 14.8 Å². The van der Waals surface area contributed by atoms with Crippen LogP contribution in [0.2, 0.25) is 0 Å². The number of methoxy groups -OCH3 is 1. The van der Waals surface area contributed by atoms with Crippen molar-refractivity contribution in [1.29, 1.82) is 0 Å². The molecule has 2 aromatic rings. The molecule has 6 heteroatoms. The van der Waals surface area contributed by atoms with Crippen LogP contribution in [-0.2, 0) is 30.3 Å². The maximum atomic E-state index is 12.8. The number of amides is 1. The van der Waals surface area contributed by atoms with E-state index in [0.717, 1.165) is 16.7 Å². The lowest BCUT2D eigenvalue weighted by molar-refractivity contribution is -0.155. The lowest BCUT2D eigenvalue weighted by Gasteiger charge is -2.27. The summed E-state index contributed by atoms with van der Waals surface area (Å²) < 4.78 is 9.94. The molecule has 0 unspecified atom stereocenters. The molecule has 0 heterocycles. The Hall–Kier alpha value is -3.15. The number of hydrogen-bond donors (Lipinski definition) is 1. The van der Waals surface area contributed by atoms with Crippen molar-refractivity contribution in [3.05, 3.63) is 60.2 Å². The summed E-state index contributed by atoms with van der Waals surface area (Å²) >= 11 is 0. The van der Waals surface area contributed by atoms with E-state index < -0.39 is 5.41 Å². The van der Waals surface area contributed by atoms with Gasteiger partial charge in [-0.05, 0) is 56.2 Å². The molecule has 0 bridgehead atoms. The first-order valence-corrected chi connectivity index (χ1v) is 11.5. The van der Waals surface area contributed by atoms with E-state index in [1.54, 1.807) is 6.92 Å². The van der Waals surface area contributed by atoms with Crippen LogP contribution in [0.1, 0.15) is 51.5 Å². The van der Waals surface area contributed by atoms with Gasteiger partial charge >= 0.3 is 11.9 Å². The SMILES string of the molecule is CCOC(=O)[C@@](C)(CCNC(=O)CCCCC(=O)OC)Cc1ccc(-c2ccccc2)cc1. The van der Waals surface area contributed by atoms with Crippen molar-refractivity contribution in [3.63, 3.8) is 0 Å². The molecule has 1 atom stereocenters. The summed E-state index contributed by atoms with van der Waals surface area (Å²) in [5.74, 6) is -0.611. The van der Waals surface area contributed by atoms with Gasteiger partial charge in [0, 0.05) is 19.4 Å². The molecule has 2 rings (SSSR count). The highest BCUT2D eigenvalue weighted by Crippen LogP contribution is 2.29. The van der Waals surface area contributed by atoms with Crippen LogP contribution in [0.15, 0.2) is 54.6 Å². The van der Waals surface area contributed by atoms with Gasteiger partial charge in [-0.15, -0.1) is 0 Å². The second kappa shape index (κ2) is 13.4. The first-order valence-electron chi connectivity index (χ1n) is 11.5. The van der Waals surface area contributed by atoms with E-state index in [1.807, 2.05) is 37.3 Å². The van der Waals surface area contributed by atoms with Crippen molar-refractivity contribution < 1.29 is 23.9 Å². The Morgan fingerprint density at radius 2 is 1.55 bits per heavy atom. The molecule has 1 N–H and O–H groups in total. The van der Waals surface area contributed by atoms with Crippen LogP contribution in [0.3, 0.4) is 0 Å². The van der Waals surface area contributed by atoms with Gasteiger partial charge in [0.1, 0.15) is 0 Å². The van der Waals surface area contributed by atoms with Crippen molar-refractivity contribution >= 4 is 17.8 Å². The number of ether oxygens (including phenoxy) is 2. The molecule has 0 saturated carbocycles. The standard InChI is InChI=1S/C27H35NO5/c1-4-33-26(31)27(2,18-19-28-24(29)12-8-9-13-25(30)32-3)20-21-14-16-23(17-15-21)22-10-6-5-7-11-22/h5-7,10-11,14-17H,4,8-9,12-13,18-20H2,1-3H3,(H,28,29)/t27-/m0/s1. The summed E-state index contributed by atoms with van der Waals surface area (Å²) in [6.07, 6.45) is 2.88. The maximum Gasteiger partial charge on any atom is 0.312 e. The van der Waals surface area contributed by atoms with E-state index in [1.165, 1.54) is 7.11 Å². The molecule has 1 amide bonds. The minimum Gasteiger partial charge on any atom is -0.469 e. The Bertz CT molecular complexity index is 894. The van der Waals surface area contributed by atoms with E-state index in [0.29, 0.717) is 51.7 Å². The van der Waals surface area contributed by atoms with Gasteiger partial charge in [-0.1, -0.05) is 54.6 Å². The molecule has 0 spiro atoms. The monoisotopic (exact) mass is 453 g/mol. The fourth-order valence-corrected chi connectivity index (χ4v) is 3.69. The molecule has 0 aliphatic rings. The number of carbonyl (C=O) groups is 3. The Morgan fingerprint density at radius 3 is 2.18 bits per heavy atom. The fraction of sp³-hybridized carbons (Fsp3) is 0.444. The molecule has 6 nitrogen and oxygen atoms in total. The number of esters is 2. The molecule has 0 radical (unpaired) electrons. The zero-order chi connectivity index (χ0) is 24.1. The topological polar surface area (TPSA) is 81.7 Å². The number of rotatable bonds is 13. The van der Waals surface area contributed by atoms with Crippen LogP contribution in [-0.4, -0.2) is 38.1 Å². The molecular formula is C27H35NO5. The Kier molecular flexibility index (Phi) is 10.6. The summed E-state index contributed by atoms with van der Waals surface area (Å²) in [4.78, 5) is 36.0. The molecule has 0 saturated heterocycles. The number of hydrogen-bond acceptors (Lipinski definition) is 5. The number of benzene rings is 2. The molecule has 0 aromatic heterocycles. The molecule has 33 heavy (non-hydrogen) atoms. The highest BCUT2D eigenvalue weighted by Gasteiger charge is 2.34. The highest BCUT2D eigenvalue weighted by molar-refractivity contribution is 5.78. The summed E-state index contributed by atoms with van der Waals surface area (Å²) in [6.45, 7) is 4.38. The number of carbonyl (C=O) groups excluding carboxylic acids is 3. The average Bonchev–Trinajstić information content (AvgIpc) is 2.83. The third-order valence-electron chi connectivity index (χ3n) is 5.68. The average molecular weight is 454 g/mol. The Morgan fingerprint density at radius 1 is 0.909 bits per heavy atom. The van der Waals surface area contributed by atoms with Gasteiger partial charge in [0.05, 0.1) is 19.1 Å². The van der Waals surface area contributed by atoms with Crippen molar-refractivity contribution in [2.75, 3.05) is 20.3 Å². The quantitative estimate of drug-likeness (QED) is 0.351. The van der Waals surface area contributed by atoms with Gasteiger partial charge in [-0.3, -0.25) is 14.4 Å². The van der Waals surface area contributed by atoms with Crippen molar-refractivity contribution in [3.8, 4) is 11.1 Å². The summed E-state index contributed by atoms with van der Waals surface area (Å²) in [6, 6.07) is 18.3. The normalized spacial score (nSPS) is 12.5. The number of unbranched alkanes of at least 4 members (excludes halogenated alkanes) is 1. The van der Waals surface area contributed by atoms with Crippen molar-refractivity contribution in [1.82, 2.24) is 5.32 Å². The lowest BCUT2D eigenvalue weighted by atomic mass is 9.80. The zero-order valence-corrected chi connectivity index (χ0v) is 19.9. The third kappa shape index (κ3) is 8.72. The molecule has 0 aliphatic carbocycles. The molecule has 0 fully saturated rings. The molecule has 2 aromatic carbocycles. The van der Waals surface area contributed by atoms with Crippen LogP contribution in [0.5, 0.6) is 0 Å². The number of nitrogens with one attached hydrogen (secondary N) is 1. The van der Waals surface area contributed by atoms with Gasteiger partial charge in [0.15, 0.2) is 0 Å². The van der Waals surface area contributed by atoms with Crippen LogP contribution in [0.25, 0.3) is 11.1 Å². The predicted octanol–water partition coefficient (Wildman–Crippen LogP) is 4.71. The minimum absolute atomic E-state index is 0.0849. The highest BCUT2D eigenvalue weighted by atomic mass is 16.5. The van der Waals surface area contributed by atoms with Gasteiger partial charge in [0.2, 0.25) is 5.91 Å². The lowest BCUT2D eigenvalue weighted by Crippen LogP contribution is -2.37. The first kappa shape index (κ1) is 26.1. The molecular weight excluding hydrogens is 418 g/mol. The van der Waals surface area contributed by atoms with Crippen molar-refractivity contribution in [2.24, 2.45) is 5.41 Å². The maximum absolute atomic E-state index is 12.8. The van der Waals surface area contributed by atoms with Gasteiger partial charge in [-0.2, -0.15) is 0 Å². The van der Waals surface area contributed by atoms with E-state index in [-0.39, 0.29) is 17.8 Å². The molecule has 0 aliphatic heterocycles. The second-order valence-corrected chi connectivity index (χ2v) is 8.40. The van der Waals surface area contributed by atoms with Crippen LogP contribution in [0, 0.1) is 5.41 Å². The predicted molar refractivity (Wildman–Crippen MR) is 128 cm³/mol. The van der Waals surface area contributed by atoms with E-state index >= 15 is 0 Å². The van der Waals surface area contributed by atoms with E-state index in [9.17, 15) is 14.4 Å². The van der Waals surface area contributed by atoms with Crippen LogP contribution >= 0.6 is 0 Å². The smallest absolute Gasteiger partial charge is 0.312 e. The molecule has 178 valence electrons. The van der Waals surface area contributed by atoms with Crippen molar-refractivity contribution in [2.45, 2.75) is 52.4 Å². The third-order valence-corrected chi connectivity index (χ3v) is 5.68. The van der Waals surface area contributed by atoms with Gasteiger partial charge in [-0.25, -0.2) is 0 Å². The van der Waals surface area contributed by atoms with Crippen LogP contribution < -0.4 is 5.32 Å².